The van der Waals surface area contributed by atoms with E-state index in [1.807, 2.05) is 36.4 Å². The maximum Gasteiger partial charge on any atom is 0.281 e. The Morgan fingerprint density at radius 1 is 1.00 bits per heavy atom. The highest BCUT2D eigenvalue weighted by atomic mass is 32.1. The Morgan fingerprint density at radius 3 is 2.44 bits per heavy atom. The third kappa shape index (κ3) is 4.20. The fourth-order valence-corrected chi connectivity index (χ4v) is 3.67. The molecule has 0 N–H and O–H groups in total. The Morgan fingerprint density at radius 2 is 1.72 bits per heavy atom. The van der Waals surface area contributed by atoms with Gasteiger partial charge >= 0.3 is 0 Å². The first kappa shape index (κ1) is 21.5. The van der Waals surface area contributed by atoms with Crippen LogP contribution in [0.15, 0.2) is 78.5 Å². The zero-order valence-electron chi connectivity index (χ0n) is 17.6. The van der Waals surface area contributed by atoms with Gasteiger partial charge in [-0.2, -0.15) is 0 Å². The molecule has 162 valence electrons. The molecule has 3 aromatic carbocycles. The van der Waals surface area contributed by atoms with Crippen LogP contribution >= 0.6 is 12.2 Å². The summed E-state index contributed by atoms with van der Waals surface area (Å²) in [5.74, 6) is 0.425. The number of hydrogen-bond donors (Lipinski definition) is 0. The van der Waals surface area contributed by atoms with Crippen LogP contribution in [0.3, 0.4) is 0 Å². The van der Waals surface area contributed by atoms with Gasteiger partial charge in [0.2, 0.25) is 0 Å². The van der Waals surface area contributed by atoms with E-state index in [0.717, 1.165) is 5.56 Å². The number of ether oxygens (including phenoxy) is 2. The van der Waals surface area contributed by atoms with Crippen molar-refractivity contribution in [2.75, 3.05) is 19.1 Å². The second-order valence-corrected chi connectivity index (χ2v) is 7.50. The molecule has 1 amide bonds. The first-order valence-electron chi connectivity index (χ1n) is 9.92. The van der Waals surface area contributed by atoms with E-state index in [0.29, 0.717) is 33.6 Å². The molecule has 0 spiro atoms. The van der Waals surface area contributed by atoms with Crippen LogP contribution in [0, 0.1) is 5.82 Å². The number of nitrogens with zero attached hydrogens (tertiary/aromatic N) is 2. The van der Waals surface area contributed by atoms with E-state index in [1.54, 1.807) is 48.4 Å². The van der Waals surface area contributed by atoms with Crippen molar-refractivity contribution in [2.45, 2.75) is 6.61 Å². The van der Waals surface area contributed by atoms with E-state index in [-0.39, 0.29) is 18.3 Å². The maximum absolute atomic E-state index is 13.9. The number of anilines is 1. The largest absolute Gasteiger partial charge is 0.493 e. The monoisotopic (exact) mass is 448 g/mol. The number of hydrogen-bond acceptors (Lipinski definition) is 4. The number of thiocarbonyl (C=S) groups is 1. The summed E-state index contributed by atoms with van der Waals surface area (Å²) in [5, 5.41) is 0.407. The molecule has 1 saturated heterocycles. The van der Waals surface area contributed by atoms with Gasteiger partial charge in [0.1, 0.15) is 18.1 Å². The lowest BCUT2D eigenvalue weighted by Crippen LogP contribution is -2.30. The van der Waals surface area contributed by atoms with Crippen LogP contribution in [0.25, 0.3) is 6.08 Å². The predicted octanol–water partition coefficient (Wildman–Crippen LogP) is 5.02. The van der Waals surface area contributed by atoms with Crippen molar-refractivity contribution in [3.63, 3.8) is 0 Å². The summed E-state index contributed by atoms with van der Waals surface area (Å²) in [4.78, 5) is 16.3. The first-order valence-corrected chi connectivity index (χ1v) is 10.3. The van der Waals surface area contributed by atoms with Gasteiger partial charge in [-0.3, -0.25) is 9.69 Å². The number of halogens is 1. The van der Waals surface area contributed by atoms with Crippen molar-refractivity contribution in [1.29, 1.82) is 0 Å². The van der Waals surface area contributed by atoms with Gasteiger partial charge in [0.25, 0.3) is 5.91 Å². The SMILES string of the molecule is COc1cc(/C=C2/C(=O)N(c3ccccc3)C(=S)N2C)ccc1OCc1ccccc1F. The van der Waals surface area contributed by atoms with E-state index < -0.39 is 0 Å². The average molecular weight is 449 g/mol. The summed E-state index contributed by atoms with van der Waals surface area (Å²) < 4.78 is 25.1. The van der Waals surface area contributed by atoms with E-state index in [9.17, 15) is 9.18 Å². The Kier molecular flexibility index (Phi) is 6.18. The summed E-state index contributed by atoms with van der Waals surface area (Å²) in [6.45, 7) is 0.0744. The molecule has 1 aliphatic rings. The van der Waals surface area contributed by atoms with Gasteiger partial charge in [-0.25, -0.2) is 4.39 Å². The normalized spacial score (nSPS) is 14.9. The van der Waals surface area contributed by atoms with Gasteiger partial charge in [0, 0.05) is 12.6 Å². The highest BCUT2D eigenvalue weighted by Gasteiger charge is 2.36. The second-order valence-electron chi connectivity index (χ2n) is 7.14. The lowest BCUT2D eigenvalue weighted by molar-refractivity contribution is -0.114. The van der Waals surface area contributed by atoms with Crippen LogP contribution < -0.4 is 14.4 Å². The van der Waals surface area contributed by atoms with E-state index in [4.69, 9.17) is 21.7 Å². The van der Waals surface area contributed by atoms with Crippen LogP contribution in [-0.4, -0.2) is 30.1 Å². The van der Waals surface area contributed by atoms with Gasteiger partial charge in [-0.05, 0) is 54.2 Å². The number of benzene rings is 3. The molecule has 0 bridgehead atoms. The van der Waals surface area contributed by atoms with Crippen molar-refractivity contribution >= 4 is 35.0 Å². The molecule has 7 heteroatoms. The zero-order valence-corrected chi connectivity index (χ0v) is 18.4. The molecule has 0 aromatic heterocycles. The van der Waals surface area contributed by atoms with E-state index in [2.05, 4.69) is 0 Å². The lowest BCUT2D eigenvalue weighted by Gasteiger charge is -2.16. The lowest BCUT2D eigenvalue weighted by atomic mass is 10.1. The number of methoxy groups -OCH3 is 1. The number of carbonyl (C=O) groups excluding carboxylic acids is 1. The number of rotatable bonds is 6. The maximum atomic E-state index is 13.9. The molecule has 0 aliphatic carbocycles. The highest BCUT2D eigenvalue weighted by molar-refractivity contribution is 7.80. The van der Waals surface area contributed by atoms with Gasteiger partial charge in [-0.1, -0.05) is 42.5 Å². The van der Waals surface area contributed by atoms with Crippen molar-refractivity contribution in [2.24, 2.45) is 0 Å². The van der Waals surface area contributed by atoms with Crippen molar-refractivity contribution in [1.82, 2.24) is 4.90 Å². The summed E-state index contributed by atoms with van der Waals surface area (Å²) in [5.41, 5.74) is 2.36. The number of carbonyl (C=O) groups is 1. The van der Waals surface area contributed by atoms with Gasteiger partial charge in [-0.15, -0.1) is 0 Å². The topological polar surface area (TPSA) is 42.0 Å². The predicted molar refractivity (Wildman–Crippen MR) is 126 cm³/mol. The molecule has 0 unspecified atom stereocenters. The molecule has 32 heavy (non-hydrogen) atoms. The minimum Gasteiger partial charge on any atom is -0.493 e. The molecule has 5 nitrogen and oxygen atoms in total. The average Bonchev–Trinajstić information content (AvgIpc) is 3.02. The molecular formula is C25H21FN2O3S. The molecule has 0 saturated carbocycles. The van der Waals surface area contributed by atoms with Crippen molar-refractivity contribution < 1.29 is 18.7 Å². The highest BCUT2D eigenvalue weighted by Crippen LogP contribution is 2.32. The number of amides is 1. The van der Waals surface area contributed by atoms with Crippen molar-refractivity contribution in [3.8, 4) is 11.5 Å². The number of para-hydroxylation sites is 1. The Labute approximate surface area is 191 Å². The quantitative estimate of drug-likeness (QED) is 0.391. The molecule has 3 aromatic rings. The van der Waals surface area contributed by atoms with Crippen LogP contribution in [0.1, 0.15) is 11.1 Å². The summed E-state index contributed by atoms with van der Waals surface area (Å²) in [6.07, 6.45) is 1.75. The smallest absolute Gasteiger partial charge is 0.281 e. The molecular weight excluding hydrogens is 427 g/mol. The molecule has 1 heterocycles. The zero-order chi connectivity index (χ0) is 22.7. The third-order valence-electron chi connectivity index (χ3n) is 5.11. The van der Waals surface area contributed by atoms with Crippen LogP contribution in [0.5, 0.6) is 11.5 Å². The van der Waals surface area contributed by atoms with Crippen LogP contribution in [0.2, 0.25) is 0 Å². The second kappa shape index (κ2) is 9.20. The standard InChI is InChI=1S/C25H21FN2O3S/c1-27-21(24(29)28(25(27)32)19-9-4-3-5-10-19)14-17-12-13-22(23(15-17)30-2)31-16-18-8-6-7-11-20(18)26/h3-15H,16H2,1-2H3/b21-14-. The summed E-state index contributed by atoms with van der Waals surface area (Å²) in [6, 6.07) is 21.0. The minimum absolute atomic E-state index is 0.0744. The van der Waals surface area contributed by atoms with Crippen molar-refractivity contribution in [3.05, 3.63) is 95.4 Å². The molecule has 1 fully saturated rings. The summed E-state index contributed by atoms with van der Waals surface area (Å²) in [7, 11) is 3.29. The van der Waals surface area contributed by atoms with Gasteiger partial charge in [0.05, 0.1) is 12.8 Å². The van der Waals surface area contributed by atoms with E-state index in [1.165, 1.54) is 18.1 Å². The molecule has 0 radical (unpaired) electrons. The number of likely N-dealkylation sites (N-methyl/N-ethyl adjacent to an activating group) is 1. The third-order valence-corrected chi connectivity index (χ3v) is 5.56. The van der Waals surface area contributed by atoms with E-state index >= 15 is 0 Å². The first-order chi connectivity index (χ1) is 15.5. The fourth-order valence-electron chi connectivity index (χ4n) is 3.38. The molecule has 0 atom stereocenters. The molecule has 4 rings (SSSR count). The Hall–Kier alpha value is -3.71. The Balaban J connectivity index is 1.58. The fraction of sp³-hybridized carbons (Fsp3) is 0.120. The van der Waals surface area contributed by atoms with Gasteiger partial charge in [0.15, 0.2) is 16.6 Å². The minimum atomic E-state index is -0.324. The van der Waals surface area contributed by atoms with Gasteiger partial charge < -0.3 is 14.4 Å². The summed E-state index contributed by atoms with van der Waals surface area (Å²) >= 11 is 5.49. The van der Waals surface area contributed by atoms with Crippen LogP contribution in [-0.2, 0) is 11.4 Å². The molecule has 1 aliphatic heterocycles. The van der Waals surface area contributed by atoms with Crippen LogP contribution in [0.4, 0.5) is 10.1 Å². The Bertz CT molecular complexity index is 1200.